The van der Waals surface area contributed by atoms with E-state index in [1.807, 2.05) is 32.0 Å². The van der Waals surface area contributed by atoms with Crippen molar-refractivity contribution < 1.29 is 9.59 Å². The van der Waals surface area contributed by atoms with Gasteiger partial charge in [0.25, 0.3) is 5.91 Å². The summed E-state index contributed by atoms with van der Waals surface area (Å²) in [4.78, 5) is 25.1. The van der Waals surface area contributed by atoms with Crippen LogP contribution in [0, 0.1) is 5.92 Å². The smallest absolute Gasteiger partial charge is 0.251 e. The molecule has 2 aromatic carbocycles. The van der Waals surface area contributed by atoms with Crippen LogP contribution in [0.3, 0.4) is 0 Å². The minimum atomic E-state index is -0.503. The molecule has 0 aromatic heterocycles. The van der Waals surface area contributed by atoms with Crippen molar-refractivity contribution in [2.45, 2.75) is 51.8 Å². The number of amides is 1. The first kappa shape index (κ1) is 21.2. The number of benzene rings is 2. The predicted molar refractivity (Wildman–Crippen MR) is 114 cm³/mol. The van der Waals surface area contributed by atoms with E-state index in [4.69, 9.17) is 0 Å². The van der Waals surface area contributed by atoms with E-state index in [0.29, 0.717) is 11.3 Å². The molecule has 0 bridgehead atoms. The molecule has 0 spiro atoms. The maximum Gasteiger partial charge on any atom is 0.251 e. The maximum atomic E-state index is 12.7. The highest BCUT2D eigenvalue weighted by molar-refractivity contribution is 8.13. The molecule has 1 atom stereocenters. The van der Waals surface area contributed by atoms with Gasteiger partial charge in [0.15, 0.2) is 0 Å². The molecule has 0 fully saturated rings. The van der Waals surface area contributed by atoms with E-state index >= 15 is 0 Å². The Morgan fingerprint density at radius 3 is 2.07 bits per heavy atom. The first-order valence-electron chi connectivity index (χ1n) is 9.30. The fourth-order valence-electron chi connectivity index (χ4n) is 2.66. The number of carbonyl (C=O) groups excluding carboxylic acids is 2. The predicted octanol–water partition coefficient (Wildman–Crippen LogP) is 5.20. The second kappa shape index (κ2) is 9.23. The van der Waals surface area contributed by atoms with Gasteiger partial charge < -0.3 is 5.32 Å². The van der Waals surface area contributed by atoms with Gasteiger partial charge in [0.05, 0.1) is 0 Å². The summed E-state index contributed by atoms with van der Waals surface area (Å²) < 4.78 is 0. The van der Waals surface area contributed by atoms with Gasteiger partial charge in [-0.2, -0.15) is 0 Å². The summed E-state index contributed by atoms with van der Waals surface area (Å²) in [6.45, 7) is 10.5. The Bertz CT molecular complexity index is 761. The second-order valence-corrected chi connectivity index (χ2v) is 9.10. The van der Waals surface area contributed by atoms with Crippen LogP contribution in [0.4, 0.5) is 0 Å². The van der Waals surface area contributed by atoms with Gasteiger partial charge in [0.2, 0.25) is 5.12 Å². The fraction of sp³-hybridized carbons (Fsp3) is 0.391. The molecule has 0 radical (unpaired) electrons. The van der Waals surface area contributed by atoms with E-state index in [0.717, 1.165) is 5.56 Å². The van der Waals surface area contributed by atoms with Crippen molar-refractivity contribution >= 4 is 22.8 Å². The van der Waals surface area contributed by atoms with Crippen molar-refractivity contribution in [3.8, 4) is 0 Å². The van der Waals surface area contributed by atoms with Crippen LogP contribution < -0.4 is 5.32 Å². The van der Waals surface area contributed by atoms with Gasteiger partial charge in [-0.25, -0.2) is 0 Å². The lowest BCUT2D eigenvalue weighted by Gasteiger charge is -2.21. The second-order valence-electron chi connectivity index (χ2n) is 8.12. The van der Waals surface area contributed by atoms with Gasteiger partial charge >= 0.3 is 0 Å². The van der Waals surface area contributed by atoms with Crippen LogP contribution in [0.5, 0.6) is 0 Å². The molecule has 2 aromatic rings. The zero-order chi connectivity index (χ0) is 20.0. The first-order valence-corrected chi connectivity index (χ1v) is 10.3. The normalized spacial score (nSPS) is 12.7. The Hall–Kier alpha value is -2.07. The molecule has 27 heavy (non-hydrogen) atoms. The van der Waals surface area contributed by atoms with Crippen LogP contribution in [-0.2, 0) is 16.0 Å². The molecule has 3 nitrogen and oxygen atoms in total. The molecular weight excluding hydrogens is 354 g/mol. The highest BCUT2D eigenvalue weighted by Gasteiger charge is 2.25. The third-order valence-electron chi connectivity index (χ3n) is 4.44. The van der Waals surface area contributed by atoms with Gasteiger partial charge in [-0.15, -0.1) is 0 Å². The lowest BCUT2D eigenvalue weighted by Crippen LogP contribution is -2.43. The molecule has 1 N–H and O–H groups in total. The Morgan fingerprint density at radius 1 is 0.963 bits per heavy atom. The van der Waals surface area contributed by atoms with Crippen molar-refractivity contribution in [1.82, 2.24) is 5.32 Å². The Kier molecular flexibility index (Phi) is 7.25. The van der Waals surface area contributed by atoms with Crippen molar-refractivity contribution in [1.29, 1.82) is 0 Å². The number of thioether (sulfide) groups is 1. The summed E-state index contributed by atoms with van der Waals surface area (Å²) in [6.07, 6.45) is 0. The summed E-state index contributed by atoms with van der Waals surface area (Å²) in [6, 6.07) is 16.9. The molecule has 1 unspecified atom stereocenters. The van der Waals surface area contributed by atoms with Crippen LogP contribution in [0.15, 0.2) is 54.6 Å². The lowest BCUT2D eigenvalue weighted by molar-refractivity contribution is -0.113. The minimum absolute atomic E-state index is 0.00539. The van der Waals surface area contributed by atoms with Gasteiger partial charge in [-0.05, 0) is 34.6 Å². The average Bonchev–Trinajstić information content (AvgIpc) is 2.64. The molecule has 0 aliphatic rings. The molecule has 4 heteroatoms. The Morgan fingerprint density at radius 2 is 1.56 bits per heavy atom. The van der Waals surface area contributed by atoms with Gasteiger partial charge in [0, 0.05) is 11.3 Å². The summed E-state index contributed by atoms with van der Waals surface area (Å²) in [7, 11) is 0. The average molecular weight is 384 g/mol. The van der Waals surface area contributed by atoms with Gasteiger partial charge in [-0.3, -0.25) is 9.59 Å². The molecule has 0 saturated heterocycles. The molecule has 0 aliphatic carbocycles. The van der Waals surface area contributed by atoms with E-state index in [9.17, 15) is 9.59 Å². The molecule has 0 saturated carbocycles. The zero-order valence-corrected chi connectivity index (χ0v) is 17.6. The SMILES string of the molecule is CC(C)C(NC(=O)c1ccccc1)C(=O)SCc1ccc(C(C)(C)C)cc1. The number of nitrogens with one attached hydrogen (secondary N) is 1. The standard InChI is InChI=1S/C23H29NO2S/c1-16(2)20(24-21(25)18-9-7-6-8-10-18)22(26)27-15-17-11-13-19(14-12-17)23(3,4)5/h6-14,16,20H,15H2,1-5H3,(H,24,25). The maximum absolute atomic E-state index is 12.7. The first-order chi connectivity index (χ1) is 12.7. The van der Waals surface area contributed by atoms with E-state index in [-0.39, 0.29) is 22.4 Å². The number of carbonyl (C=O) groups is 2. The Labute approximate surface area is 166 Å². The summed E-state index contributed by atoms with van der Waals surface area (Å²) in [5.74, 6) is 0.423. The van der Waals surface area contributed by atoms with Crippen LogP contribution >= 0.6 is 11.8 Å². The molecule has 0 aliphatic heterocycles. The Balaban J connectivity index is 1.98. The highest BCUT2D eigenvalue weighted by Crippen LogP contribution is 2.24. The third-order valence-corrected chi connectivity index (χ3v) is 5.46. The van der Waals surface area contributed by atoms with Crippen molar-refractivity contribution in [2.75, 3.05) is 0 Å². The molecule has 1 amide bonds. The quantitative estimate of drug-likeness (QED) is 0.746. The largest absolute Gasteiger partial charge is 0.341 e. The van der Waals surface area contributed by atoms with Gasteiger partial charge in [-0.1, -0.05) is 88.8 Å². The van der Waals surface area contributed by atoms with Crippen molar-refractivity contribution in [3.05, 3.63) is 71.3 Å². The van der Waals surface area contributed by atoms with Crippen molar-refractivity contribution in [3.63, 3.8) is 0 Å². The molecular formula is C23H29NO2S. The number of hydrogen-bond acceptors (Lipinski definition) is 3. The van der Waals surface area contributed by atoms with Crippen LogP contribution in [-0.4, -0.2) is 17.1 Å². The summed E-state index contributed by atoms with van der Waals surface area (Å²) in [5, 5.41) is 2.88. The third kappa shape index (κ3) is 6.24. The number of rotatable bonds is 6. The molecule has 144 valence electrons. The van der Waals surface area contributed by atoms with Gasteiger partial charge in [0.1, 0.15) is 6.04 Å². The van der Waals surface area contributed by atoms with E-state index in [2.05, 4.69) is 50.4 Å². The van der Waals surface area contributed by atoms with E-state index < -0.39 is 6.04 Å². The van der Waals surface area contributed by atoms with Crippen molar-refractivity contribution in [2.24, 2.45) is 5.92 Å². The zero-order valence-electron chi connectivity index (χ0n) is 16.8. The summed E-state index contributed by atoms with van der Waals surface area (Å²) in [5.41, 5.74) is 3.07. The molecule has 2 rings (SSSR count). The van der Waals surface area contributed by atoms with Crippen LogP contribution in [0.25, 0.3) is 0 Å². The van der Waals surface area contributed by atoms with Crippen LogP contribution in [0.2, 0.25) is 0 Å². The monoisotopic (exact) mass is 383 g/mol. The molecule has 0 heterocycles. The summed E-state index contributed by atoms with van der Waals surface area (Å²) >= 11 is 1.26. The van der Waals surface area contributed by atoms with E-state index in [1.165, 1.54) is 17.3 Å². The fourth-order valence-corrected chi connectivity index (χ4v) is 3.67. The number of hydrogen-bond donors (Lipinski definition) is 1. The minimum Gasteiger partial charge on any atom is -0.341 e. The van der Waals surface area contributed by atoms with E-state index in [1.54, 1.807) is 12.1 Å². The highest BCUT2D eigenvalue weighted by atomic mass is 32.2. The van der Waals surface area contributed by atoms with Crippen LogP contribution in [0.1, 0.15) is 56.1 Å². The topological polar surface area (TPSA) is 46.2 Å². The lowest BCUT2D eigenvalue weighted by atomic mass is 9.87.